The van der Waals surface area contributed by atoms with Crippen LogP contribution in [-0.2, 0) is 13.5 Å². The van der Waals surface area contributed by atoms with Crippen LogP contribution in [0.2, 0.25) is 0 Å². The minimum absolute atomic E-state index is 0.293. The highest BCUT2D eigenvalue weighted by Crippen LogP contribution is 2.24. The summed E-state index contributed by atoms with van der Waals surface area (Å²) in [6.45, 7) is 6.76. The second-order valence-corrected chi connectivity index (χ2v) is 5.75. The summed E-state index contributed by atoms with van der Waals surface area (Å²) in [6.07, 6.45) is 1.04. The van der Waals surface area contributed by atoms with E-state index in [9.17, 15) is 0 Å². The summed E-state index contributed by atoms with van der Waals surface area (Å²) >= 11 is 0. The van der Waals surface area contributed by atoms with Gasteiger partial charge in [-0.15, -0.1) is 0 Å². The fourth-order valence-electron chi connectivity index (χ4n) is 1.96. The van der Waals surface area contributed by atoms with E-state index in [1.807, 2.05) is 29.9 Å². The average molecular weight is 228 g/mol. The number of rotatable bonds is 2. The van der Waals surface area contributed by atoms with Crippen LogP contribution < -0.4 is 0 Å². The van der Waals surface area contributed by atoms with Crippen molar-refractivity contribution >= 4 is 0 Å². The minimum atomic E-state index is 0.293. The van der Waals surface area contributed by atoms with Crippen molar-refractivity contribution in [2.75, 3.05) is 0 Å². The van der Waals surface area contributed by atoms with E-state index in [4.69, 9.17) is 0 Å². The lowest BCUT2D eigenvalue weighted by atomic mass is 9.90. The Labute approximate surface area is 103 Å². The summed E-state index contributed by atoms with van der Waals surface area (Å²) in [6, 6.07) is 12.5. The van der Waals surface area contributed by atoms with Gasteiger partial charge in [-0.05, 0) is 17.9 Å². The Balaban J connectivity index is 2.31. The molecule has 0 aliphatic heterocycles. The molecule has 0 spiro atoms. The summed E-state index contributed by atoms with van der Waals surface area (Å²) in [7, 11) is 2.02. The van der Waals surface area contributed by atoms with E-state index in [0.29, 0.717) is 5.41 Å². The first-order chi connectivity index (χ1) is 7.96. The molecule has 0 atom stereocenters. The number of aromatic nitrogens is 2. The van der Waals surface area contributed by atoms with Gasteiger partial charge in [0, 0.05) is 18.3 Å². The highest BCUT2D eigenvalue weighted by Gasteiger charge is 2.15. The Hall–Kier alpha value is -1.57. The van der Waals surface area contributed by atoms with Crippen LogP contribution in [0.5, 0.6) is 0 Å². The molecule has 2 heteroatoms. The first kappa shape index (κ1) is 11.9. The highest BCUT2D eigenvalue weighted by molar-refractivity contribution is 5.59. The lowest BCUT2D eigenvalue weighted by molar-refractivity contribution is 0.398. The number of hydrogen-bond acceptors (Lipinski definition) is 1. The number of hydrogen-bond donors (Lipinski definition) is 0. The third kappa shape index (κ3) is 2.96. The van der Waals surface area contributed by atoms with Gasteiger partial charge in [0.1, 0.15) is 0 Å². The second-order valence-electron chi connectivity index (χ2n) is 5.75. The molecular weight excluding hydrogens is 208 g/mol. The first-order valence-corrected chi connectivity index (χ1v) is 6.04. The van der Waals surface area contributed by atoms with Crippen molar-refractivity contribution in [3.05, 3.63) is 42.1 Å². The van der Waals surface area contributed by atoms with Crippen LogP contribution in [0.25, 0.3) is 11.3 Å². The molecule has 90 valence electrons. The van der Waals surface area contributed by atoms with E-state index in [1.54, 1.807) is 0 Å². The summed E-state index contributed by atoms with van der Waals surface area (Å²) in [5.41, 5.74) is 3.83. The van der Waals surface area contributed by atoms with Gasteiger partial charge in [-0.25, -0.2) is 0 Å². The molecule has 2 nitrogen and oxygen atoms in total. The molecule has 0 saturated carbocycles. The Morgan fingerprint density at radius 2 is 1.76 bits per heavy atom. The zero-order valence-corrected chi connectivity index (χ0v) is 11.1. The fourth-order valence-corrected chi connectivity index (χ4v) is 1.96. The molecule has 0 aliphatic rings. The quantitative estimate of drug-likeness (QED) is 0.766. The maximum Gasteiger partial charge on any atom is 0.0925 e. The van der Waals surface area contributed by atoms with Crippen molar-refractivity contribution in [3.8, 4) is 11.3 Å². The number of aryl methyl sites for hydroxylation is 1. The molecule has 0 radical (unpaired) electrons. The smallest absolute Gasteiger partial charge is 0.0925 e. The van der Waals surface area contributed by atoms with Crippen molar-refractivity contribution in [1.82, 2.24) is 9.78 Å². The van der Waals surface area contributed by atoms with Gasteiger partial charge in [0.2, 0.25) is 0 Å². The predicted octanol–water partition coefficient (Wildman–Crippen LogP) is 3.68. The SMILES string of the molecule is Cn1nc(-c2ccccc2)cc1CC(C)(C)C. The van der Waals surface area contributed by atoms with Crippen LogP contribution in [0.4, 0.5) is 0 Å². The van der Waals surface area contributed by atoms with Crippen LogP contribution in [0, 0.1) is 5.41 Å². The maximum absolute atomic E-state index is 4.58. The minimum Gasteiger partial charge on any atom is -0.272 e. The monoisotopic (exact) mass is 228 g/mol. The average Bonchev–Trinajstić information content (AvgIpc) is 2.59. The molecule has 0 saturated heterocycles. The Bertz CT molecular complexity index is 489. The molecule has 2 aromatic rings. The van der Waals surface area contributed by atoms with Crippen molar-refractivity contribution in [2.24, 2.45) is 12.5 Å². The van der Waals surface area contributed by atoms with Gasteiger partial charge in [0.25, 0.3) is 0 Å². The van der Waals surface area contributed by atoms with Crippen LogP contribution in [0.3, 0.4) is 0 Å². The zero-order chi connectivity index (χ0) is 12.5. The van der Waals surface area contributed by atoms with Crippen LogP contribution >= 0.6 is 0 Å². The van der Waals surface area contributed by atoms with Crippen molar-refractivity contribution in [3.63, 3.8) is 0 Å². The third-order valence-electron chi connectivity index (χ3n) is 2.76. The predicted molar refractivity (Wildman–Crippen MR) is 71.8 cm³/mol. The number of nitrogens with zero attached hydrogens (tertiary/aromatic N) is 2. The maximum atomic E-state index is 4.58. The van der Waals surface area contributed by atoms with E-state index in [2.05, 4.69) is 44.1 Å². The van der Waals surface area contributed by atoms with Gasteiger partial charge in [0.05, 0.1) is 5.69 Å². The van der Waals surface area contributed by atoms with E-state index >= 15 is 0 Å². The van der Waals surface area contributed by atoms with Crippen molar-refractivity contribution in [2.45, 2.75) is 27.2 Å². The first-order valence-electron chi connectivity index (χ1n) is 6.04. The molecule has 0 bridgehead atoms. The Morgan fingerprint density at radius 1 is 1.12 bits per heavy atom. The van der Waals surface area contributed by atoms with Gasteiger partial charge in [-0.3, -0.25) is 4.68 Å². The number of benzene rings is 1. The molecule has 0 fully saturated rings. The highest BCUT2D eigenvalue weighted by atomic mass is 15.3. The van der Waals surface area contributed by atoms with Gasteiger partial charge in [-0.1, -0.05) is 51.1 Å². The molecule has 0 amide bonds. The van der Waals surface area contributed by atoms with E-state index in [0.717, 1.165) is 12.1 Å². The molecule has 1 aromatic heterocycles. The third-order valence-corrected chi connectivity index (χ3v) is 2.76. The zero-order valence-electron chi connectivity index (χ0n) is 11.1. The van der Waals surface area contributed by atoms with Gasteiger partial charge in [-0.2, -0.15) is 5.10 Å². The van der Waals surface area contributed by atoms with Crippen LogP contribution in [0.15, 0.2) is 36.4 Å². The largest absolute Gasteiger partial charge is 0.272 e. The lowest BCUT2D eigenvalue weighted by Crippen LogP contribution is -2.12. The summed E-state index contributed by atoms with van der Waals surface area (Å²) < 4.78 is 1.99. The second kappa shape index (κ2) is 4.36. The molecule has 0 aliphatic carbocycles. The van der Waals surface area contributed by atoms with Gasteiger partial charge < -0.3 is 0 Å². The van der Waals surface area contributed by atoms with Gasteiger partial charge in [0.15, 0.2) is 0 Å². The fraction of sp³-hybridized carbons (Fsp3) is 0.400. The molecule has 17 heavy (non-hydrogen) atoms. The van der Waals surface area contributed by atoms with Crippen molar-refractivity contribution < 1.29 is 0 Å². The molecule has 0 N–H and O–H groups in total. The Kier molecular flexibility index (Phi) is 3.05. The van der Waals surface area contributed by atoms with E-state index in [-0.39, 0.29) is 0 Å². The van der Waals surface area contributed by atoms with E-state index < -0.39 is 0 Å². The lowest BCUT2D eigenvalue weighted by Gasteiger charge is -2.17. The Morgan fingerprint density at radius 3 is 2.35 bits per heavy atom. The standard InChI is InChI=1S/C15H20N2/c1-15(2,3)11-13-10-14(16-17(13)4)12-8-6-5-7-9-12/h5-10H,11H2,1-4H3. The molecule has 1 heterocycles. The molecule has 0 unspecified atom stereocenters. The summed E-state index contributed by atoms with van der Waals surface area (Å²) in [4.78, 5) is 0. The normalized spacial score (nSPS) is 11.8. The summed E-state index contributed by atoms with van der Waals surface area (Å²) in [5.74, 6) is 0. The summed E-state index contributed by atoms with van der Waals surface area (Å²) in [5, 5.41) is 4.58. The molecular formula is C15H20N2. The topological polar surface area (TPSA) is 17.8 Å². The van der Waals surface area contributed by atoms with Crippen molar-refractivity contribution in [1.29, 1.82) is 0 Å². The van der Waals surface area contributed by atoms with E-state index in [1.165, 1.54) is 11.3 Å². The molecule has 2 rings (SSSR count). The van der Waals surface area contributed by atoms with Crippen LogP contribution in [0.1, 0.15) is 26.5 Å². The molecule has 1 aromatic carbocycles. The van der Waals surface area contributed by atoms with Gasteiger partial charge >= 0.3 is 0 Å². The van der Waals surface area contributed by atoms with Crippen LogP contribution in [-0.4, -0.2) is 9.78 Å².